The van der Waals surface area contributed by atoms with Gasteiger partial charge in [-0.25, -0.2) is 4.21 Å². The highest BCUT2D eigenvalue weighted by Gasteiger charge is 2.39. The SMILES string of the molecule is Cc1ccc(S(=O)OC(C)c2ccn3c(CC4CC4)nnc3c2C(F)(F)F)cc1. The summed E-state index contributed by atoms with van der Waals surface area (Å²) in [4.78, 5) is 0.395. The smallest absolute Gasteiger partial charge is 0.286 e. The molecule has 29 heavy (non-hydrogen) atoms. The molecule has 0 aliphatic heterocycles. The van der Waals surface area contributed by atoms with E-state index in [1.807, 2.05) is 6.92 Å². The van der Waals surface area contributed by atoms with Crippen molar-refractivity contribution in [3.63, 3.8) is 0 Å². The highest BCUT2D eigenvalue weighted by molar-refractivity contribution is 7.80. The number of hydrogen-bond donors (Lipinski definition) is 0. The number of fused-ring (bicyclic) bond motifs is 1. The van der Waals surface area contributed by atoms with Crippen LogP contribution in [0.5, 0.6) is 0 Å². The van der Waals surface area contributed by atoms with Crippen LogP contribution in [0.1, 0.15) is 48.4 Å². The standard InChI is InChI=1S/C20H20F3N3O2S/c1-12-3-7-15(8-4-12)29(27)28-13(2)16-9-10-26-17(11-14-5-6-14)24-25-19(26)18(16)20(21,22)23/h3-4,7-10,13-14H,5-6,11H2,1-2H3. The molecule has 1 aliphatic rings. The average molecular weight is 423 g/mol. The van der Waals surface area contributed by atoms with E-state index >= 15 is 0 Å². The third-order valence-electron chi connectivity index (χ3n) is 5.02. The molecular weight excluding hydrogens is 403 g/mol. The molecule has 2 unspecified atom stereocenters. The second-order valence-electron chi connectivity index (χ2n) is 7.39. The summed E-state index contributed by atoms with van der Waals surface area (Å²) in [5.74, 6) is 0.993. The van der Waals surface area contributed by atoms with Crippen molar-refractivity contribution < 1.29 is 21.6 Å². The van der Waals surface area contributed by atoms with Gasteiger partial charge in [0.1, 0.15) is 11.4 Å². The van der Waals surface area contributed by atoms with Crippen LogP contribution >= 0.6 is 0 Å². The van der Waals surface area contributed by atoms with E-state index in [1.165, 1.54) is 23.6 Å². The van der Waals surface area contributed by atoms with Gasteiger partial charge in [0.25, 0.3) is 0 Å². The van der Waals surface area contributed by atoms with Crippen molar-refractivity contribution in [3.05, 3.63) is 59.0 Å². The molecule has 1 saturated carbocycles. The van der Waals surface area contributed by atoms with Crippen LogP contribution in [0.2, 0.25) is 0 Å². The van der Waals surface area contributed by atoms with E-state index < -0.39 is 28.9 Å². The van der Waals surface area contributed by atoms with Crippen LogP contribution in [0.3, 0.4) is 0 Å². The van der Waals surface area contributed by atoms with Crippen molar-refractivity contribution in [2.45, 2.75) is 50.3 Å². The number of aromatic nitrogens is 3. The summed E-state index contributed by atoms with van der Waals surface area (Å²) in [6.45, 7) is 3.34. The van der Waals surface area contributed by atoms with E-state index in [1.54, 1.807) is 24.3 Å². The Morgan fingerprint density at radius 2 is 1.90 bits per heavy atom. The monoisotopic (exact) mass is 423 g/mol. The van der Waals surface area contributed by atoms with Crippen LogP contribution < -0.4 is 0 Å². The maximum atomic E-state index is 13.9. The van der Waals surface area contributed by atoms with E-state index in [0.717, 1.165) is 18.4 Å². The molecular formula is C20H20F3N3O2S. The molecule has 1 fully saturated rings. The minimum Gasteiger partial charge on any atom is -0.286 e. The van der Waals surface area contributed by atoms with Gasteiger partial charge in [-0.15, -0.1) is 10.2 Å². The first-order chi connectivity index (χ1) is 13.7. The van der Waals surface area contributed by atoms with E-state index in [4.69, 9.17) is 4.18 Å². The maximum absolute atomic E-state index is 13.9. The van der Waals surface area contributed by atoms with Gasteiger partial charge in [0.05, 0.1) is 11.0 Å². The van der Waals surface area contributed by atoms with Gasteiger partial charge < -0.3 is 0 Å². The number of benzene rings is 1. The summed E-state index contributed by atoms with van der Waals surface area (Å²) in [6.07, 6.45) is -1.43. The molecule has 5 nitrogen and oxygen atoms in total. The molecule has 2 atom stereocenters. The van der Waals surface area contributed by atoms with Crippen LogP contribution in [-0.2, 0) is 27.9 Å². The Labute approximate surface area is 168 Å². The van der Waals surface area contributed by atoms with E-state index in [9.17, 15) is 17.4 Å². The van der Waals surface area contributed by atoms with Gasteiger partial charge in [0.2, 0.25) is 0 Å². The molecule has 154 valence electrons. The molecule has 4 rings (SSSR count). The fourth-order valence-electron chi connectivity index (χ4n) is 3.25. The molecule has 1 aromatic carbocycles. The fraction of sp³-hybridized carbons (Fsp3) is 0.400. The van der Waals surface area contributed by atoms with Crippen molar-refractivity contribution in [2.24, 2.45) is 5.92 Å². The highest BCUT2D eigenvalue weighted by atomic mass is 32.2. The van der Waals surface area contributed by atoms with Gasteiger partial charge >= 0.3 is 6.18 Å². The number of hydrogen-bond acceptors (Lipinski definition) is 4. The molecule has 0 bridgehead atoms. The minimum atomic E-state index is -4.65. The normalized spacial score (nSPS) is 16.9. The predicted octanol–water partition coefficient (Wildman–Crippen LogP) is 4.81. The molecule has 0 radical (unpaired) electrons. The quantitative estimate of drug-likeness (QED) is 0.571. The molecule has 2 aromatic heterocycles. The van der Waals surface area contributed by atoms with Crippen LogP contribution in [-0.4, -0.2) is 18.8 Å². The number of nitrogens with zero attached hydrogens (tertiary/aromatic N) is 3. The van der Waals surface area contributed by atoms with Gasteiger partial charge in [-0.1, -0.05) is 17.7 Å². The topological polar surface area (TPSA) is 56.5 Å². The first-order valence-electron chi connectivity index (χ1n) is 9.33. The Balaban J connectivity index is 1.68. The lowest BCUT2D eigenvalue weighted by Crippen LogP contribution is -2.16. The molecule has 0 spiro atoms. The number of halogens is 3. The highest BCUT2D eigenvalue weighted by Crippen LogP contribution is 2.39. The Hall–Kier alpha value is -2.26. The van der Waals surface area contributed by atoms with E-state index in [-0.39, 0.29) is 11.2 Å². The summed E-state index contributed by atoms with van der Waals surface area (Å²) >= 11 is -1.90. The van der Waals surface area contributed by atoms with Crippen molar-refractivity contribution in [2.75, 3.05) is 0 Å². The van der Waals surface area contributed by atoms with Crippen LogP contribution in [0.25, 0.3) is 5.65 Å². The third-order valence-corrected chi connectivity index (χ3v) is 6.14. The lowest BCUT2D eigenvalue weighted by atomic mass is 10.0. The number of alkyl halides is 3. The van der Waals surface area contributed by atoms with Crippen molar-refractivity contribution in [1.82, 2.24) is 14.6 Å². The zero-order chi connectivity index (χ0) is 20.8. The number of aryl methyl sites for hydroxylation is 1. The Morgan fingerprint density at radius 3 is 2.52 bits per heavy atom. The predicted molar refractivity (Wildman–Crippen MR) is 102 cm³/mol. The summed E-state index contributed by atoms with van der Waals surface area (Å²) in [5, 5.41) is 7.80. The van der Waals surface area contributed by atoms with Crippen molar-refractivity contribution in [1.29, 1.82) is 0 Å². The Bertz CT molecular complexity index is 1060. The van der Waals surface area contributed by atoms with Crippen LogP contribution in [0.4, 0.5) is 13.2 Å². The van der Waals surface area contributed by atoms with Gasteiger partial charge in [0.15, 0.2) is 16.7 Å². The molecule has 0 N–H and O–H groups in total. The fourth-order valence-corrected chi connectivity index (χ4v) is 4.09. The van der Waals surface area contributed by atoms with E-state index in [0.29, 0.717) is 23.1 Å². The summed E-state index contributed by atoms with van der Waals surface area (Å²) in [6, 6.07) is 8.16. The van der Waals surface area contributed by atoms with Crippen LogP contribution in [0.15, 0.2) is 41.4 Å². The molecule has 0 amide bonds. The minimum absolute atomic E-state index is 0.115. The summed E-state index contributed by atoms with van der Waals surface area (Å²) < 4.78 is 61.1. The molecule has 2 heterocycles. The van der Waals surface area contributed by atoms with Gasteiger partial charge in [-0.2, -0.15) is 13.2 Å². The Kier molecular flexibility index (Phi) is 5.20. The van der Waals surface area contributed by atoms with Crippen molar-refractivity contribution >= 4 is 16.7 Å². The number of pyridine rings is 1. The van der Waals surface area contributed by atoms with Crippen LogP contribution in [0, 0.1) is 12.8 Å². The first-order valence-corrected chi connectivity index (χ1v) is 10.4. The Morgan fingerprint density at radius 1 is 1.21 bits per heavy atom. The third kappa shape index (κ3) is 4.20. The van der Waals surface area contributed by atoms with Gasteiger partial charge in [0, 0.05) is 12.6 Å². The van der Waals surface area contributed by atoms with Gasteiger partial charge in [-0.3, -0.25) is 8.58 Å². The average Bonchev–Trinajstić information content (AvgIpc) is 3.39. The first kappa shape index (κ1) is 20.0. The maximum Gasteiger partial charge on any atom is 0.420 e. The molecule has 0 saturated heterocycles. The second-order valence-corrected chi connectivity index (χ2v) is 8.52. The largest absolute Gasteiger partial charge is 0.420 e. The van der Waals surface area contributed by atoms with Crippen molar-refractivity contribution in [3.8, 4) is 0 Å². The summed E-state index contributed by atoms with van der Waals surface area (Å²) in [7, 11) is 0. The van der Waals surface area contributed by atoms with Gasteiger partial charge in [-0.05, 0) is 56.4 Å². The number of rotatable bonds is 6. The van der Waals surface area contributed by atoms with E-state index in [2.05, 4.69) is 10.2 Å². The molecule has 3 aromatic rings. The lowest BCUT2D eigenvalue weighted by molar-refractivity contribution is -0.138. The zero-order valence-corrected chi connectivity index (χ0v) is 16.8. The molecule has 9 heteroatoms. The molecule has 1 aliphatic carbocycles. The zero-order valence-electron chi connectivity index (χ0n) is 15.9. The summed E-state index contributed by atoms with van der Waals surface area (Å²) in [5.41, 5.74) is -0.279. The second kappa shape index (κ2) is 7.53. The lowest BCUT2D eigenvalue weighted by Gasteiger charge is -2.19.